The second kappa shape index (κ2) is 9.94. The third-order valence-electron chi connectivity index (χ3n) is 3.98. The van der Waals surface area contributed by atoms with Crippen LogP contribution in [0.15, 0.2) is 42.6 Å². The van der Waals surface area contributed by atoms with Crippen molar-refractivity contribution in [1.29, 1.82) is 0 Å². The van der Waals surface area contributed by atoms with Crippen LogP contribution < -0.4 is 5.32 Å². The molecule has 142 valence electrons. The monoisotopic (exact) mass is 358 g/mol. The molecule has 0 aliphatic heterocycles. The number of hydrogen-bond acceptors (Lipinski definition) is 4. The highest BCUT2D eigenvalue weighted by Crippen LogP contribution is 2.07. The van der Waals surface area contributed by atoms with E-state index in [0.29, 0.717) is 25.5 Å². The minimum atomic E-state index is -0.112. The number of urea groups is 1. The van der Waals surface area contributed by atoms with E-state index < -0.39 is 0 Å². The Morgan fingerprint density at radius 1 is 0.962 bits per heavy atom. The lowest BCUT2D eigenvalue weighted by Crippen LogP contribution is -2.42. The molecule has 1 heterocycles. The van der Waals surface area contributed by atoms with Crippen LogP contribution in [-0.4, -0.2) is 84.9 Å². The van der Waals surface area contributed by atoms with Gasteiger partial charge in [0, 0.05) is 38.4 Å². The van der Waals surface area contributed by atoms with Crippen LogP contribution in [0.4, 0.5) is 10.6 Å². The van der Waals surface area contributed by atoms with Crippen molar-refractivity contribution in [3.05, 3.63) is 48.2 Å². The Morgan fingerprint density at radius 2 is 1.58 bits per heavy atom. The highest BCUT2D eigenvalue weighted by atomic mass is 16.2. The molecule has 0 aliphatic carbocycles. The molecule has 0 aliphatic rings. The number of aromatic nitrogens is 2. The molecule has 1 N–H and O–H groups in total. The zero-order valence-electron chi connectivity index (χ0n) is 16.2. The van der Waals surface area contributed by atoms with E-state index in [-0.39, 0.29) is 6.03 Å². The van der Waals surface area contributed by atoms with E-state index in [4.69, 9.17) is 0 Å². The van der Waals surface area contributed by atoms with Crippen molar-refractivity contribution in [3.63, 3.8) is 0 Å². The molecule has 7 heteroatoms. The van der Waals surface area contributed by atoms with Crippen LogP contribution in [0.5, 0.6) is 0 Å². The minimum Gasteiger partial charge on any atom is -0.322 e. The van der Waals surface area contributed by atoms with E-state index in [2.05, 4.69) is 32.3 Å². The van der Waals surface area contributed by atoms with Gasteiger partial charge in [0.15, 0.2) is 5.82 Å². The van der Waals surface area contributed by atoms with E-state index in [9.17, 15) is 4.79 Å². The second-order valence-electron chi connectivity index (χ2n) is 6.91. The first-order valence-electron chi connectivity index (χ1n) is 8.87. The van der Waals surface area contributed by atoms with Crippen LogP contribution in [0, 0.1) is 0 Å². The average molecular weight is 358 g/mol. The van der Waals surface area contributed by atoms with E-state index >= 15 is 0 Å². The predicted molar refractivity (Wildman–Crippen MR) is 105 cm³/mol. The minimum absolute atomic E-state index is 0.112. The Hall–Kier alpha value is -2.38. The molecule has 0 saturated heterocycles. The summed E-state index contributed by atoms with van der Waals surface area (Å²) in [4.78, 5) is 18.6. The van der Waals surface area contributed by atoms with Crippen LogP contribution >= 0.6 is 0 Å². The SMILES string of the molecule is CN(C)CCN(CCN(C)C)C(=O)Nc1ccn(Cc2ccccc2)n1. The van der Waals surface area contributed by atoms with Gasteiger partial charge in [-0.2, -0.15) is 5.10 Å². The van der Waals surface area contributed by atoms with Gasteiger partial charge >= 0.3 is 6.03 Å². The first-order chi connectivity index (χ1) is 12.4. The van der Waals surface area contributed by atoms with Crippen LogP contribution in [0.3, 0.4) is 0 Å². The van der Waals surface area contributed by atoms with Gasteiger partial charge in [-0.3, -0.25) is 10.00 Å². The van der Waals surface area contributed by atoms with Crippen molar-refractivity contribution in [2.75, 3.05) is 59.7 Å². The van der Waals surface area contributed by atoms with Gasteiger partial charge in [0.25, 0.3) is 0 Å². The Bertz CT molecular complexity index is 656. The third kappa shape index (κ3) is 6.85. The number of likely N-dealkylation sites (N-methyl/N-ethyl adjacent to an activating group) is 2. The highest BCUT2D eigenvalue weighted by molar-refractivity contribution is 5.88. The van der Waals surface area contributed by atoms with E-state index in [1.807, 2.05) is 68.2 Å². The number of anilines is 1. The summed E-state index contributed by atoms with van der Waals surface area (Å²) in [7, 11) is 8.03. The number of amides is 2. The topological polar surface area (TPSA) is 56.6 Å². The molecule has 2 aromatic rings. The molecule has 0 unspecified atom stereocenters. The fourth-order valence-electron chi connectivity index (χ4n) is 2.43. The van der Waals surface area contributed by atoms with Gasteiger partial charge in [-0.1, -0.05) is 30.3 Å². The lowest BCUT2D eigenvalue weighted by molar-refractivity contribution is 0.198. The Kier molecular flexibility index (Phi) is 7.62. The molecule has 0 saturated carbocycles. The predicted octanol–water partition coefficient (Wildman–Crippen LogP) is 1.89. The first-order valence-corrected chi connectivity index (χ1v) is 8.87. The van der Waals surface area contributed by atoms with Crippen LogP contribution in [0.1, 0.15) is 5.56 Å². The van der Waals surface area contributed by atoms with E-state index in [1.54, 1.807) is 0 Å². The Labute approximate surface area is 156 Å². The van der Waals surface area contributed by atoms with Gasteiger partial charge in [-0.25, -0.2) is 4.79 Å². The maximum atomic E-state index is 12.6. The molecule has 26 heavy (non-hydrogen) atoms. The van der Waals surface area contributed by atoms with Crippen molar-refractivity contribution in [2.45, 2.75) is 6.54 Å². The van der Waals surface area contributed by atoms with Crippen LogP contribution in [0.25, 0.3) is 0 Å². The molecule has 1 aromatic heterocycles. The summed E-state index contributed by atoms with van der Waals surface area (Å²) >= 11 is 0. The molecule has 1 aromatic carbocycles. The second-order valence-corrected chi connectivity index (χ2v) is 6.91. The smallest absolute Gasteiger partial charge is 0.322 e. The lowest BCUT2D eigenvalue weighted by Gasteiger charge is -2.25. The number of carbonyl (C=O) groups is 1. The zero-order chi connectivity index (χ0) is 18.9. The van der Waals surface area contributed by atoms with Gasteiger partial charge in [0.05, 0.1) is 6.54 Å². The van der Waals surface area contributed by atoms with Crippen molar-refractivity contribution < 1.29 is 4.79 Å². The quantitative estimate of drug-likeness (QED) is 0.744. The average Bonchev–Trinajstić information content (AvgIpc) is 3.02. The maximum Gasteiger partial charge on any atom is 0.323 e. The number of hydrogen-bond donors (Lipinski definition) is 1. The Morgan fingerprint density at radius 3 is 2.15 bits per heavy atom. The summed E-state index contributed by atoms with van der Waals surface area (Å²) in [5.74, 6) is 0.575. The molecule has 7 nitrogen and oxygen atoms in total. The summed E-state index contributed by atoms with van der Waals surface area (Å²) in [5, 5.41) is 7.37. The normalized spacial score (nSPS) is 11.2. The third-order valence-corrected chi connectivity index (χ3v) is 3.98. The number of benzene rings is 1. The fraction of sp³-hybridized carbons (Fsp3) is 0.474. The number of rotatable bonds is 9. The van der Waals surface area contributed by atoms with Crippen molar-refractivity contribution in [3.8, 4) is 0 Å². The lowest BCUT2D eigenvalue weighted by atomic mass is 10.2. The molecule has 2 amide bonds. The molecule has 2 rings (SSSR count). The van der Waals surface area contributed by atoms with Crippen molar-refractivity contribution >= 4 is 11.8 Å². The van der Waals surface area contributed by atoms with Crippen LogP contribution in [-0.2, 0) is 6.54 Å². The summed E-state index contributed by atoms with van der Waals surface area (Å²) in [6, 6.07) is 11.8. The highest BCUT2D eigenvalue weighted by Gasteiger charge is 2.15. The fourth-order valence-corrected chi connectivity index (χ4v) is 2.43. The summed E-state index contributed by atoms with van der Waals surface area (Å²) in [6.07, 6.45) is 1.88. The Balaban J connectivity index is 1.94. The summed E-state index contributed by atoms with van der Waals surface area (Å²) in [5.41, 5.74) is 1.17. The molecule has 0 radical (unpaired) electrons. The largest absolute Gasteiger partial charge is 0.323 e. The van der Waals surface area contributed by atoms with Gasteiger partial charge < -0.3 is 14.7 Å². The molecular weight excluding hydrogens is 328 g/mol. The zero-order valence-corrected chi connectivity index (χ0v) is 16.2. The number of nitrogens with zero attached hydrogens (tertiary/aromatic N) is 5. The van der Waals surface area contributed by atoms with Gasteiger partial charge in [0.1, 0.15) is 0 Å². The van der Waals surface area contributed by atoms with Gasteiger partial charge in [-0.05, 0) is 33.8 Å². The van der Waals surface area contributed by atoms with Gasteiger partial charge in [0.2, 0.25) is 0 Å². The first kappa shape index (κ1) is 19.9. The molecule has 0 atom stereocenters. The van der Waals surface area contributed by atoms with Crippen molar-refractivity contribution in [1.82, 2.24) is 24.5 Å². The number of nitrogens with one attached hydrogen (secondary N) is 1. The van der Waals surface area contributed by atoms with Crippen LogP contribution in [0.2, 0.25) is 0 Å². The number of carbonyl (C=O) groups excluding carboxylic acids is 1. The standard InChI is InChI=1S/C19H30N6O/c1-22(2)12-14-24(15-13-23(3)4)19(26)20-18-10-11-25(21-18)16-17-8-6-5-7-9-17/h5-11H,12-16H2,1-4H3,(H,20,21,26). The molecule has 0 bridgehead atoms. The molecular formula is C19H30N6O. The van der Waals surface area contributed by atoms with Gasteiger partial charge in [-0.15, -0.1) is 0 Å². The van der Waals surface area contributed by atoms with Crippen molar-refractivity contribution in [2.24, 2.45) is 0 Å². The maximum absolute atomic E-state index is 12.6. The van der Waals surface area contributed by atoms with E-state index in [0.717, 1.165) is 13.1 Å². The summed E-state index contributed by atoms with van der Waals surface area (Å²) < 4.78 is 1.83. The molecule has 0 fully saturated rings. The van der Waals surface area contributed by atoms with E-state index in [1.165, 1.54) is 5.56 Å². The molecule has 0 spiro atoms. The summed E-state index contributed by atoms with van der Waals surface area (Å²) in [6.45, 7) is 3.68.